The van der Waals surface area contributed by atoms with Crippen LogP contribution in [0, 0.1) is 0 Å². The van der Waals surface area contributed by atoms with Crippen molar-refractivity contribution in [3.05, 3.63) is 42.2 Å². The third-order valence-electron chi connectivity index (χ3n) is 2.54. The maximum absolute atomic E-state index is 11.8. The topological polar surface area (TPSA) is 80.0 Å². The number of amides is 1. The lowest BCUT2D eigenvalue weighted by Gasteiger charge is -2.06. The van der Waals surface area contributed by atoms with E-state index in [4.69, 9.17) is 0 Å². The number of hydrogen-bond donors (Lipinski definition) is 2. The number of pyridine rings is 1. The molecule has 1 amide bonds. The Labute approximate surface area is 104 Å². The van der Waals surface area contributed by atoms with Gasteiger partial charge in [0.2, 0.25) is 0 Å². The van der Waals surface area contributed by atoms with Crippen LogP contribution in [0.4, 0.5) is 0 Å². The Hall–Kier alpha value is -2.37. The monoisotopic (exact) mass is 246 g/mol. The van der Waals surface area contributed by atoms with E-state index in [9.17, 15) is 9.90 Å². The lowest BCUT2D eigenvalue weighted by molar-refractivity contribution is 0.0948. The SMILES string of the molecule is CCn1ccnc1CNC(=O)c1cncc(O)c1. The maximum atomic E-state index is 11.8. The van der Waals surface area contributed by atoms with Crippen LogP contribution in [-0.4, -0.2) is 25.5 Å². The Bertz CT molecular complexity index is 551. The molecule has 0 fully saturated rings. The summed E-state index contributed by atoms with van der Waals surface area (Å²) in [5.74, 6) is 0.473. The third-order valence-corrected chi connectivity index (χ3v) is 2.54. The molecule has 0 aliphatic carbocycles. The minimum Gasteiger partial charge on any atom is -0.506 e. The Kier molecular flexibility index (Phi) is 3.57. The van der Waals surface area contributed by atoms with Gasteiger partial charge >= 0.3 is 0 Å². The van der Waals surface area contributed by atoms with Crippen molar-refractivity contribution in [2.24, 2.45) is 0 Å². The fourth-order valence-corrected chi connectivity index (χ4v) is 1.61. The number of imidazole rings is 1. The van der Waals surface area contributed by atoms with Crippen molar-refractivity contribution in [3.63, 3.8) is 0 Å². The van der Waals surface area contributed by atoms with Crippen LogP contribution < -0.4 is 5.32 Å². The first kappa shape index (κ1) is 12.1. The first-order valence-electron chi connectivity index (χ1n) is 5.63. The van der Waals surface area contributed by atoms with Crippen LogP contribution in [0.25, 0.3) is 0 Å². The Morgan fingerprint density at radius 1 is 1.50 bits per heavy atom. The molecule has 0 unspecified atom stereocenters. The smallest absolute Gasteiger partial charge is 0.253 e. The molecule has 94 valence electrons. The maximum Gasteiger partial charge on any atom is 0.253 e. The summed E-state index contributed by atoms with van der Waals surface area (Å²) in [5, 5.41) is 12.0. The summed E-state index contributed by atoms with van der Waals surface area (Å²) in [7, 11) is 0. The summed E-state index contributed by atoms with van der Waals surface area (Å²) in [6.07, 6.45) is 6.24. The van der Waals surface area contributed by atoms with Crippen LogP contribution in [0.2, 0.25) is 0 Å². The molecule has 2 rings (SSSR count). The van der Waals surface area contributed by atoms with Gasteiger partial charge in [0.15, 0.2) is 0 Å². The first-order valence-corrected chi connectivity index (χ1v) is 5.63. The molecule has 0 bridgehead atoms. The second-order valence-corrected chi connectivity index (χ2v) is 3.74. The van der Waals surface area contributed by atoms with Crippen molar-refractivity contribution in [1.29, 1.82) is 0 Å². The van der Waals surface area contributed by atoms with E-state index in [0.29, 0.717) is 12.1 Å². The summed E-state index contributed by atoms with van der Waals surface area (Å²) in [6.45, 7) is 3.15. The fraction of sp³-hybridized carbons (Fsp3) is 0.250. The van der Waals surface area contributed by atoms with E-state index in [2.05, 4.69) is 15.3 Å². The van der Waals surface area contributed by atoms with Crippen LogP contribution in [0.15, 0.2) is 30.9 Å². The highest BCUT2D eigenvalue weighted by atomic mass is 16.3. The molecule has 6 nitrogen and oxygen atoms in total. The number of carbonyl (C=O) groups is 1. The van der Waals surface area contributed by atoms with Gasteiger partial charge in [-0.25, -0.2) is 4.98 Å². The molecule has 0 aliphatic rings. The zero-order chi connectivity index (χ0) is 13.0. The number of carbonyl (C=O) groups excluding carboxylic acids is 1. The molecule has 2 heterocycles. The summed E-state index contributed by atoms with van der Waals surface area (Å²) in [5.41, 5.74) is 0.324. The molecule has 0 radical (unpaired) electrons. The molecule has 0 aliphatic heterocycles. The highest BCUT2D eigenvalue weighted by Crippen LogP contribution is 2.08. The van der Waals surface area contributed by atoms with Gasteiger partial charge in [-0.2, -0.15) is 0 Å². The zero-order valence-electron chi connectivity index (χ0n) is 10.00. The molecule has 0 atom stereocenters. The normalized spacial score (nSPS) is 10.3. The van der Waals surface area contributed by atoms with E-state index in [1.807, 2.05) is 17.7 Å². The summed E-state index contributed by atoms with van der Waals surface area (Å²) in [6, 6.07) is 1.37. The summed E-state index contributed by atoms with van der Waals surface area (Å²) < 4.78 is 1.95. The molecular weight excluding hydrogens is 232 g/mol. The van der Waals surface area contributed by atoms with Crippen LogP contribution >= 0.6 is 0 Å². The minimum atomic E-state index is -0.288. The molecule has 0 spiro atoms. The average Bonchev–Trinajstić information content (AvgIpc) is 2.83. The number of rotatable bonds is 4. The lowest BCUT2D eigenvalue weighted by atomic mass is 10.2. The summed E-state index contributed by atoms with van der Waals surface area (Å²) in [4.78, 5) is 19.7. The van der Waals surface area contributed by atoms with E-state index in [0.717, 1.165) is 12.4 Å². The highest BCUT2D eigenvalue weighted by Gasteiger charge is 2.08. The summed E-state index contributed by atoms with van der Waals surface area (Å²) >= 11 is 0. The van der Waals surface area contributed by atoms with E-state index in [1.54, 1.807) is 6.20 Å². The van der Waals surface area contributed by atoms with Gasteiger partial charge in [0.05, 0.1) is 18.3 Å². The predicted molar refractivity (Wildman–Crippen MR) is 65.0 cm³/mol. The van der Waals surface area contributed by atoms with Crippen LogP contribution in [-0.2, 0) is 13.1 Å². The Balaban J connectivity index is 2.00. The number of hydrogen-bond acceptors (Lipinski definition) is 4. The quantitative estimate of drug-likeness (QED) is 0.841. The number of aryl methyl sites for hydroxylation is 1. The van der Waals surface area contributed by atoms with Gasteiger partial charge in [0.25, 0.3) is 5.91 Å². The van der Waals surface area contributed by atoms with E-state index in [-0.39, 0.29) is 11.7 Å². The van der Waals surface area contributed by atoms with Gasteiger partial charge in [-0.3, -0.25) is 9.78 Å². The molecular formula is C12H14N4O2. The molecule has 0 saturated carbocycles. The van der Waals surface area contributed by atoms with Crippen molar-refractivity contribution >= 4 is 5.91 Å². The number of nitrogens with zero attached hydrogens (tertiary/aromatic N) is 3. The van der Waals surface area contributed by atoms with Crippen LogP contribution in [0.5, 0.6) is 5.75 Å². The largest absolute Gasteiger partial charge is 0.506 e. The molecule has 0 saturated heterocycles. The van der Waals surface area contributed by atoms with Crippen molar-refractivity contribution < 1.29 is 9.90 Å². The standard InChI is InChI=1S/C12H14N4O2/c1-2-16-4-3-14-11(16)8-15-12(18)9-5-10(17)7-13-6-9/h3-7,17H,2,8H2,1H3,(H,15,18). The van der Waals surface area contributed by atoms with Gasteiger partial charge in [-0.05, 0) is 13.0 Å². The second-order valence-electron chi connectivity index (χ2n) is 3.74. The van der Waals surface area contributed by atoms with E-state index in [1.165, 1.54) is 18.5 Å². The Morgan fingerprint density at radius 3 is 3.06 bits per heavy atom. The van der Waals surface area contributed by atoms with Gasteiger partial charge in [0.1, 0.15) is 11.6 Å². The minimum absolute atomic E-state index is 0.0299. The molecule has 0 aromatic carbocycles. The fourth-order valence-electron chi connectivity index (χ4n) is 1.61. The van der Waals surface area contributed by atoms with Gasteiger partial charge < -0.3 is 15.0 Å². The van der Waals surface area contributed by atoms with Crippen molar-refractivity contribution in [3.8, 4) is 5.75 Å². The average molecular weight is 246 g/mol. The zero-order valence-corrected chi connectivity index (χ0v) is 10.00. The van der Waals surface area contributed by atoms with Gasteiger partial charge in [-0.15, -0.1) is 0 Å². The second kappa shape index (κ2) is 5.31. The number of nitrogens with one attached hydrogen (secondary N) is 1. The molecule has 2 aromatic heterocycles. The molecule has 2 N–H and O–H groups in total. The lowest BCUT2D eigenvalue weighted by Crippen LogP contribution is -2.24. The van der Waals surface area contributed by atoms with E-state index >= 15 is 0 Å². The predicted octanol–water partition coefficient (Wildman–Crippen LogP) is 0.934. The number of aromatic nitrogens is 3. The molecule has 6 heteroatoms. The van der Waals surface area contributed by atoms with Crippen molar-refractivity contribution in [2.45, 2.75) is 20.0 Å². The van der Waals surface area contributed by atoms with Crippen molar-refractivity contribution in [2.75, 3.05) is 0 Å². The highest BCUT2D eigenvalue weighted by molar-refractivity contribution is 5.94. The van der Waals surface area contributed by atoms with Gasteiger partial charge in [0, 0.05) is 25.1 Å². The number of aromatic hydroxyl groups is 1. The first-order chi connectivity index (χ1) is 8.70. The van der Waals surface area contributed by atoms with E-state index < -0.39 is 0 Å². The Morgan fingerprint density at radius 2 is 2.33 bits per heavy atom. The van der Waals surface area contributed by atoms with Crippen LogP contribution in [0.1, 0.15) is 23.1 Å². The van der Waals surface area contributed by atoms with Crippen molar-refractivity contribution in [1.82, 2.24) is 19.9 Å². The molecule has 18 heavy (non-hydrogen) atoms. The molecule has 2 aromatic rings. The van der Waals surface area contributed by atoms with Crippen LogP contribution in [0.3, 0.4) is 0 Å². The third kappa shape index (κ3) is 2.65. The van der Waals surface area contributed by atoms with Gasteiger partial charge in [-0.1, -0.05) is 0 Å².